The van der Waals surface area contributed by atoms with Gasteiger partial charge in [-0.3, -0.25) is 4.79 Å². The summed E-state index contributed by atoms with van der Waals surface area (Å²) < 4.78 is 37.0. The molecule has 0 saturated carbocycles. The van der Waals surface area contributed by atoms with Gasteiger partial charge in [-0.05, 0) is 18.7 Å². The first-order valence-corrected chi connectivity index (χ1v) is 5.51. The van der Waals surface area contributed by atoms with E-state index in [0.29, 0.717) is 6.54 Å². The monoisotopic (exact) mass is 296 g/mol. The molecule has 1 aromatic carbocycles. The van der Waals surface area contributed by atoms with Crippen molar-refractivity contribution in [3.8, 4) is 0 Å². The summed E-state index contributed by atoms with van der Waals surface area (Å²) in [5.74, 6) is -0.307. The van der Waals surface area contributed by atoms with Gasteiger partial charge in [-0.2, -0.15) is 13.2 Å². The van der Waals surface area contributed by atoms with Crippen LogP contribution < -0.4 is 10.6 Å². The highest BCUT2D eigenvalue weighted by molar-refractivity contribution is 5.91. The van der Waals surface area contributed by atoms with E-state index in [-0.39, 0.29) is 36.0 Å². The van der Waals surface area contributed by atoms with E-state index in [1.807, 2.05) is 0 Å². The minimum Gasteiger partial charge on any atom is -0.326 e. The van der Waals surface area contributed by atoms with E-state index in [1.165, 1.54) is 18.2 Å². The third-order valence-electron chi connectivity index (χ3n) is 2.28. The second-order valence-electron chi connectivity index (χ2n) is 3.85. The minimum absolute atomic E-state index is 0. The molecule has 0 aromatic heterocycles. The Morgan fingerprint density at radius 3 is 2.47 bits per heavy atom. The second-order valence-corrected chi connectivity index (χ2v) is 3.85. The van der Waals surface area contributed by atoms with Crippen molar-refractivity contribution in [3.05, 3.63) is 29.8 Å². The molecule has 0 heterocycles. The van der Waals surface area contributed by atoms with Crippen LogP contribution in [-0.4, -0.2) is 25.7 Å². The Morgan fingerprint density at radius 2 is 1.89 bits per heavy atom. The number of hydrogen-bond acceptors (Lipinski definition) is 2. The molecule has 0 atom stereocenters. The van der Waals surface area contributed by atoms with E-state index in [4.69, 9.17) is 0 Å². The van der Waals surface area contributed by atoms with Crippen molar-refractivity contribution in [2.24, 2.45) is 0 Å². The average molecular weight is 297 g/mol. The van der Waals surface area contributed by atoms with Gasteiger partial charge in [0, 0.05) is 18.7 Å². The van der Waals surface area contributed by atoms with Crippen LogP contribution >= 0.6 is 12.4 Å². The zero-order valence-electron chi connectivity index (χ0n) is 10.4. The lowest BCUT2D eigenvalue weighted by molar-refractivity contribution is -0.127. The van der Waals surface area contributed by atoms with E-state index in [1.54, 1.807) is 13.1 Å². The third-order valence-corrected chi connectivity index (χ3v) is 2.28. The van der Waals surface area contributed by atoms with Crippen LogP contribution in [0.5, 0.6) is 0 Å². The molecule has 0 aliphatic heterocycles. The molecule has 1 rings (SSSR count). The predicted molar refractivity (Wildman–Crippen MR) is 70.6 cm³/mol. The maximum atomic E-state index is 12.3. The number of rotatable bonds is 5. The summed E-state index contributed by atoms with van der Waals surface area (Å²) in [5, 5.41) is 5.29. The number of alkyl halides is 3. The van der Waals surface area contributed by atoms with Gasteiger partial charge in [-0.1, -0.05) is 18.2 Å². The number of halogens is 4. The van der Waals surface area contributed by atoms with Crippen LogP contribution in [0, 0.1) is 0 Å². The fourth-order valence-electron chi connectivity index (χ4n) is 1.46. The SMILES string of the molecule is CNCCC(=O)Nc1ccccc1CC(F)(F)F.Cl. The normalized spacial score (nSPS) is 10.7. The summed E-state index contributed by atoms with van der Waals surface area (Å²) in [5.41, 5.74) is 0.290. The highest BCUT2D eigenvalue weighted by Crippen LogP contribution is 2.25. The number of benzene rings is 1. The molecule has 0 aliphatic rings. The molecular weight excluding hydrogens is 281 g/mol. The van der Waals surface area contributed by atoms with Crippen LogP contribution in [0.2, 0.25) is 0 Å². The van der Waals surface area contributed by atoms with Crippen LogP contribution in [-0.2, 0) is 11.2 Å². The summed E-state index contributed by atoms with van der Waals surface area (Å²) in [6.45, 7) is 0.479. The fraction of sp³-hybridized carbons (Fsp3) is 0.417. The molecular formula is C12H16ClF3N2O. The summed E-state index contributed by atoms with van der Waals surface area (Å²) in [6.07, 6.45) is -5.11. The Bertz CT molecular complexity index is 410. The molecule has 0 radical (unpaired) electrons. The number of amides is 1. The Hall–Kier alpha value is -1.27. The van der Waals surface area contributed by atoms with Crippen molar-refractivity contribution >= 4 is 24.0 Å². The maximum absolute atomic E-state index is 12.3. The molecule has 0 fully saturated rings. The van der Waals surface area contributed by atoms with Gasteiger partial charge in [0.25, 0.3) is 0 Å². The first-order valence-electron chi connectivity index (χ1n) is 5.51. The topological polar surface area (TPSA) is 41.1 Å². The molecule has 108 valence electrons. The van der Waals surface area contributed by atoms with Gasteiger partial charge < -0.3 is 10.6 Å². The zero-order chi connectivity index (χ0) is 13.6. The van der Waals surface area contributed by atoms with Gasteiger partial charge in [0.1, 0.15) is 0 Å². The van der Waals surface area contributed by atoms with Gasteiger partial charge in [0.15, 0.2) is 0 Å². The zero-order valence-corrected chi connectivity index (χ0v) is 11.2. The van der Waals surface area contributed by atoms with E-state index in [9.17, 15) is 18.0 Å². The Balaban J connectivity index is 0.00000324. The van der Waals surface area contributed by atoms with Crippen molar-refractivity contribution in [2.75, 3.05) is 18.9 Å². The predicted octanol–water partition coefficient (Wildman–Crippen LogP) is 2.76. The lowest BCUT2D eigenvalue weighted by Gasteiger charge is -2.12. The maximum Gasteiger partial charge on any atom is 0.393 e. The minimum atomic E-state index is -4.29. The van der Waals surface area contributed by atoms with E-state index < -0.39 is 12.6 Å². The number of para-hydroxylation sites is 1. The quantitative estimate of drug-likeness (QED) is 0.877. The Labute approximate surface area is 116 Å². The molecule has 1 aromatic rings. The second kappa shape index (κ2) is 8.01. The van der Waals surface area contributed by atoms with Crippen molar-refractivity contribution in [3.63, 3.8) is 0 Å². The molecule has 0 spiro atoms. The first-order chi connectivity index (χ1) is 8.42. The Kier molecular flexibility index (Phi) is 7.48. The molecule has 0 saturated heterocycles. The molecule has 7 heteroatoms. The van der Waals surface area contributed by atoms with Gasteiger partial charge in [-0.15, -0.1) is 12.4 Å². The molecule has 0 unspecified atom stereocenters. The summed E-state index contributed by atoms with van der Waals surface area (Å²) >= 11 is 0. The average Bonchev–Trinajstić information content (AvgIpc) is 2.27. The van der Waals surface area contributed by atoms with Crippen molar-refractivity contribution in [1.29, 1.82) is 0 Å². The van der Waals surface area contributed by atoms with E-state index in [2.05, 4.69) is 10.6 Å². The van der Waals surface area contributed by atoms with Gasteiger partial charge >= 0.3 is 6.18 Å². The molecule has 0 aliphatic carbocycles. The molecule has 0 bridgehead atoms. The number of carbonyl (C=O) groups excluding carboxylic acids is 1. The van der Waals surface area contributed by atoms with Crippen LogP contribution in [0.4, 0.5) is 18.9 Å². The summed E-state index contributed by atoms with van der Waals surface area (Å²) in [7, 11) is 1.70. The molecule has 3 nitrogen and oxygen atoms in total. The fourth-order valence-corrected chi connectivity index (χ4v) is 1.46. The van der Waals surface area contributed by atoms with Crippen LogP contribution in [0.3, 0.4) is 0 Å². The first kappa shape index (κ1) is 17.7. The van der Waals surface area contributed by atoms with E-state index in [0.717, 1.165) is 0 Å². The number of hydrogen-bond donors (Lipinski definition) is 2. The smallest absolute Gasteiger partial charge is 0.326 e. The summed E-state index contributed by atoms with van der Waals surface area (Å²) in [6, 6.07) is 5.94. The number of nitrogens with one attached hydrogen (secondary N) is 2. The van der Waals surface area contributed by atoms with Crippen LogP contribution in [0.15, 0.2) is 24.3 Å². The number of carbonyl (C=O) groups is 1. The molecule has 1 amide bonds. The van der Waals surface area contributed by atoms with Crippen molar-refractivity contribution < 1.29 is 18.0 Å². The summed E-state index contributed by atoms with van der Waals surface area (Å²) in [4.78, 5) is 11.5. The van der Waals surface area contributed by atoms with Gasteiger partial charge in [0.2, 0.25) is 5.91 Å². The lowest BCUT2D eigenvalue weighted by Crippen LogP contribution is -2.20. The molecule has 19 heavy (non-hydrogen) atoms. The standard InChI is InChI=1S/C12H15F3N2O.ClH/c1-16-7-6-11(18)17-10-5-3-2-4-9(10)8-12(13,14)15;/h2-5,16H,6-8H2,1H3,(H,17,18);1H. The lowest BCUT2D eigenvalue weighted by atomic mass is 10.1. The molecule has 2 N–H and O–H groups in total. The number of anilines is 1. The third kappa shape index (κ3) is 7.03. The van der Waals surface area contributed by atoms with E-state index >= 15 is 0 Å². The van der Waals surface area contributed by atoms with Crippen LogP contribution in [0.1, 0.15) is 12.0 Å². The Morgan fingerprint density at radius 1 is 1.26 bits per heavy atom. The van der Waals surface area contributed by atoms with Crippen LogP contribution in [0.25, 0.3) is 0 Å². The highest BCUT2D eigenvalue weighted by Gasteiger charge is 2.28. The van der Waals surface area contributed by atoms with Crippen molar-refractivity contribution in [1.82, 2.24) is 5.32 Å². The van der Waals surface area contributed by atoms with Gasteiger partial charge in [0.05, 0.1) is 6.42 Å². The highest BCUT2D eigenvalue weighted by atomic mass is 35.5. The largest absolute Gasteiger partial charge is 0.393 e. The van der Waals surface area contributed by atoms with Gasteiger partial charge in [-0.25, -0.2) is 0 Å². The van der Waals surface area contributed by atoms with Crippen molar-refractivity contribution in [2.45, 2.75) is 19.0 Å².